The minimum absolute atomic E-state index is 0.0196. The van der Waals surface area contributed by atoms with Crippen molar-refractivity contribution in [1.82, 2.24) is 26.3 Å². The molecule has 0 spiro atoms. The monoisotopic (exact) mass is 956 g/mol. The van der Waals surface area contributed by atoms with E-state index >= 15 is 0 Å². The third kappa shape index (κ3) is 9.30. The molecule has 9 N–H and O–H groups in total. The highest BCUT2D eigenvalue weighted by Gasteiger charge is 2.51. The van der Waals surface area contributed by atoms with Gasteiger partial charge in [0.2, 0.25) is 0 Å². The number of methoxy groups -OCH3 is 1. The second kappa shape index (κ2) is 20.2. The first-order valence-electron chi connectivity index (χ1n) is 25.7. The van der Waals surface area contributed by atoms with Gasteiger partial charge < -0.3 is 60.3 Å². The van der Waals surface area contributed by atoms with Gasteiger partial charge in [0.25, 0.3) is 0 Å². The molecule has 0 saturated heterocycles. The summed E-state index contributed by atoms with van der Waals surface area (Å²) in [4.78, 5) is 3.38. The first kappa shape index (κ1) is 48.5. The number of aliphatic hydroxyl groups is 2. The van der Waals surface area contributed by atoms with E-state index in [9.17, 15) is 20.4 Å². The van der Waals surface area contributed by atoms with Crippen molar-refractivity contribution in [2.24, 2.45) is 5.92 Å². The molecule has 2 aliphatic heterocycles. The number of phenols is 2. The number of benzene rings is 4. The molecule has 0 bridgehead atoms. The molecule has 4 aromatic carbocycles. The van der Waals surface area contributed by atoms with E-state index in [4.69, 9.17) is 18.9 Å². The van der Waals surface area contributed by atoms with Crippen LogP contribution in [0.4, 0.5) is 0 Å². The van der Waals surface area contributed by atoms with E-state index in [1.54, 1.807) is 13.2 Å². The zero-order valence-electron chi connectivity index (χ0n) is 41.6. The summed E-state index contributed by atoms with van der Waals surface area (Å²) in [6.45, 7) is 8.18. The molecule has 374 valence electrons. The zero-order chi connectivity index (χ0) is 48.7. The predicted molar refractivity (Wildman–Crippen MR) is 274 cm³/mol. The number of hydrogen-bond acceptors (Lipinski definition) is 12. The molecule has 0 radical (unpaired) electrons. The second-order valence-corrected chi connectivity index (χ2v) is 21.4. The molecule has 3 heterocycles. The Hall–Kier alpha value is -5.12. The van der Waals surface area contributed by atoms with Crippen LogP contribution in [-0.4, -0.2) is 103 Å². The van der Waals surface area contributed by atoms with Crippen LogP contribution in [0.15, 0.2) is 66.4 Å². The van der Waals surface area contributed by atoms with Gasteiger partial charge in [-0.1, -0.05) is 51.3 Å². The highest BCUT2D eigenvalue weighted by atomic mass is 16.6. The minimum atomic E-state index is -1.01. The van der Waals surface area contributed by atoms with Crippen molar-refractivity contribution in [3.63, 3.8) is 0 Å². The molecule has 0 unspecified atom stereocenters. The topological polar surface area (TPSA) is 182 Å². The quantitative estimate of drug-likeness (QED) is 0.0304. The predicted octanol–water partition coefficient (Wildman–Crippen LogP) is 8.23. The number of aliphatic hydroxyl groups excluding tert-OH is 1. The van der Waals surface area contributed by atoms with Gasteiger partial charge >= 0.3 is 0 Å². The first-order valence-corrected chi connectivity index (χ1v) is 25.7. The van der Waals surface area contributed by atoms with E-state index in [1.165, 1.54) is 30.4 Å². The van der Waals surface area contributed by atoms with Gasteiger partial charge in [0, 0.05) is 78.7 Å². The number of hydrogen-bond donors (Lipinski definition) is 9. The normalized spacial score (nSPS) is 23.6. The molecule has 13 nitrogen and oxygen atoms in total. The van der Waals surface area contributed by atoms with Crippen LogP contribution >= 0.6 is 0 Å². The molecule has 1 saturated carbocycles. The van der Waals surface area contributed by atoms with Crippen LogP contribution in [0.1, 0.15) is 123 Å². The number of aromatic hydroxyl groups is 2. The van der Waals surface area contributed by atoms with E-state index in [1.807, 2.05) is 38.4 Å². The van der Waals surface area contributed by atoms with Gasteiger partial charge in [0.1, 0.15) is 29.0 Å². The summed E-state index contributed by atoms with van der Waals surface area (Å²) in [6.07, 6.45) is 12.0. The van der Waals surface area contributed by atoms with Gasteiger partial charge in [-0.3, -0.25) is 5.32 Å². The van der Waals surface area contributed by atoms with Crippen LogP contribution in [0, 0.1) is 5.92 Å². The van der Waals surface area contributed by atoms with Crippen LogP contribution in [0.5, 0.6) is 28.7 Å². The maximum atomic E-state index is 11.7. The number of nitrogens with one attached hydrogen (secondary N) is 5. The summed E-state index contributed by atoms with van der Waals surface area (Å²) < 4.78 is 27.7. The van der Waals surface area contributed by atoms with E-state index in [0.29, 0.717) is 82.8 Å². The molecule has 1 fully saturated rings. The Balaban J connectivity index is 1.14. The lowest BCUT2D eigenvalue weighted by Crippen LogP contribution is -2.56. The number of phenolic OH excluding ortho intramolecular Hbond substituents is 2. The van der Waals surface area contributed by atoms with Crippen molar-refractivity contribution >= 4 is 17.0 Å². The van der Waals surface area contributed by atoms with Crippen LogP contribution in [0.25, 0.3) is 28.1 Å². The molecule has 10 rings (SSSR count). The Bertz CT molecular complexity index is 2720. The zero-order valence-corrected chi connectivity index (χ0v) is 41.6. The Morgan fingerprint density at radius 2 is 1.73 bits per heavy atom. The lowest BCUT2D eigenvalue weighted by molar-refractivity contribution is -0.132. The first-order chi connectivity index (χ1) is 33.9. The number of fused-ring (bicyclic) bond motifs is 8. The molecule has 1 aromatic heterocycles. The van der Waals surface area contributed by atoms with Crippen LogP contribution < -0.4 is 35.5 Å². The fourth-order valence-corrected chi connectivity index (χ4v) is 12.8. The maximum absolute atomic E-state index is 11.7. The number of H-pyrrole nitrogens is 1. The Labute approximate surface area is 412 Å². The average molecular weight is 956 g/mol. The van der Waals surface area contributed by atoms with Crippen molar-refractivity contribution in [2.75, 3.05) is 53.8 Å². The van der Waals surface area contributed by atoms with Crippen LogP contribution in [-0.2, 0) is 24.0 Å². The largest absolute Gasteiger partial charge is 0.507 e. The smallest absolute Gasteiger partial charge is 0.160 e. The minimum Gasteiger partial charge on any atom is -0.507 e. The molecule has 3 aliphatic carbocycles. The summed E-state index contributed by atoms with van der Waals surface area (Å²) >= 11 is 0. The molecule has 0 amide bonds. The fourth-order valence-electron chi connectivity index (χ4n) is 12.8. The van der Waals surface area contributed by atoms with Crippen molar-refractivity contribution in [3.8, 4) is 39.9 Å². The number of aromatic amines is 1. The van der Waals surface area contributed by atoms with Gasteiger partial charge in [-0.05, 0) is 146 Å². The Kier molecular flexibility index (Phi) is 14.0. The SMILES string of the molecule is CNCC1=Cc2c(O)ccc3c2[C@H](Cc2c4c(c5c(c2-3)O[C@@H](CO)CC5)O[C@H](c2ccc(O)c(OC)c2)[C@](CNCNC[C@@](C)(O)CC(C)C)(OCNC2CCCCC2)C4)[C@H]1c1ccc2[nH]ccc2c1. The maximum Gasteiger partial charge on any atom is 0.160 e. The van der Waals surface area contributed by atoms with Crippen molar-refractivity contribution in [2.45, 2.75) is 126 Å². The molecule has 70 heavy (non-hydrogen) atoms. The van der Waals surface area contributed by atoms with Crippen molar-refractivity contribution in [1.29, 1.82) is 0 Å². The number of rotatable bonds is 18. The van der Waals surface area contributed by atoms with E-state index in [-0.39, 0.29) is 29.9 Å². The van der Waals surface area contributed by atoms with Gasteiger partial charge in [-0.2, -0.15) is 0 Å². The second-order valence-electron chi connectivity index (χ2n) is 21.4. The third-order valence-electron chi connectivity index (χ3n) is 15.8. The van der Waals surface area contributed by atoms with Gasteiger partial charge in [-0.25, -0.2) is 0 Å². The molecule has 6 atom stereocenters. The average Bonchev–Trinajstić information content (AvgIpc) is 3.83. The van der Waals surface area contributed by atoms with Gasteiger partial charge in [0.15, 0.2) is 17.6 Å². The Morgan fingerprint density at radius 3 is 2.51 bits per heavy atom. The summed E-state index contributed by atoms with van der Waals surface area (Å²) in [5.41, 5.74) is 9.52. The van der Waals surface area contributed by atoms with Gasteiger partial charge in [0.05, 0.1) is 26.0 Å². The summed E-state index contributed by atoms with van der Waals surface area (Å²) in [6, 6.07) is 18.5. The summed E-state index contributed by atoms with van der Waals surface area (Å²) in [5.74, 6) is 2.40. The number of aromatic nitrogens is 1. The fraction of sp³-hybridized carbons (Fsp3) is 0.509. The number of likely N-dealkylation sites (N-methyl/N-ethyl adjacent to an activating group) is 1. The highest BCUT2D eigenvalue weighted by molar-refractivity contribution is 5.90. The summed E-state index contributed by atoms with van der Waals surface area (Å²) in [7, 11) is 3.53. The van der Waals surface area contributed by atoms with Crippen LogP contribution in [0.2, 0.25) is 0 Å². The Morgan fingerprint density at radius 1 is 0.914 bits per heavy atom. The lowest BCUT2D eigenvalue weighted by Gasteiger charge is -2.48. The van der Waals surface area contributed by atoms with E-state index < -0.39 is 23.4 Å². The third-order valence-corrected chi connectivity index (χ3v) is 15.8. The molecule has 5 aliphatic rings. The molecule has 13 heteroatoms. The van der Waals surface area contributed by atoms with Crippen molar-refractivity contribution < 1.29 is 39.4 Å². The standard InChI is InChI=1S/C57H73N5O8/c1-33(2)25-56(3,66)29-59-31-60-30-57(68-32-62-38-9-7-6-8-10-38)26-45-42-24-44-50(35-11-16-46-34(21-35)19-20-61-46)37(27-58-4)22-43-47(64)18-15-40(51(43)44)52(42)54-41(14-13-39(28-63)69-54)53(45)70-55(57)36-12-17-48(65)49(23-36)67-5/h11-12,15-23,33,38-39,44,50,55,58-66H,6-10,13-14,24-32H2,1-5H3/t39-,44-,50+,55-,56+,57+/m1/s1. The molecule has 5 aromatic rings. The van der Waals surface area contributed by atoms with E-state index in [2.05, 4.69) is 76.5 Å². The highest BCUT2D eigenvalue weighted by Crippen LogP contribution is 2.61. The summed E-state index contributed by atoms with van der Waals surface area (Å²) in [5, 5.41) is 60.2. The molecular weight excluding hydrogens is 883 g/mol. The van der Waals surface area contributed by atoms with Crippen LogP contribution in [0.3, 0.4) is 0 Å². The lowest BCUT2D eigenvalue weighted by atomic mass is 9.62. The van der Waals surface area contributed by atoms with Crippen molar-refractivity contribution in [3.05, 3.63) is 105 Å². The van der Waals surface area contributed by atoms with E-state index in [0.717, 1.165) is 79.8 Å². The number of ether oxygens (including phenoxy) is 4. The van der Waals surface area contributed by atoms with Gasteiger partial charge in [-0.15, -0.1) is 0 Å². The molecular formula is C57H73N5O8.